The van der Waals surface area contributed by atoms with E-state index in [4.69, 9.17) is 9.84 Å². The number of carbonyl (C=O) groups excluding carboxylic acids is 1. The molecule has 26 heavy (non-hydrogen) atoms. The highest BCUT2D eigenvalue weighted by Gasteiger charge is 2.15. The van der Waals surface area contributed by atoms with Gasteiger partial charge in [0.2, 0.25) is 0 Å². The van der Waals surface area contributed by atoms with Crippen LogP contribution in [-0.2, 0) is 4.74 Å². The number of rotatable bonds is 8. The summed E-state index contributed by atoms with van der Waals surface area (Å²) in [5.74, 6) is -1.24. The molecule has 0 atom stereocenters. The number of benzene rings is 1. The zero-order valence-corrected chi connectivity index (χ0v) is 14.8. The number of nitrogens with zero attached hydrogens (tertiary/aromatic N) is 1. The SMILES string of the molecule is Cc1cc(-c2cccc(C(=O)NCCOCCO)c2)nc(C)c1C(=O)O. The molecule has 7 heteroatoms. The van der Waals surface area contributed by atoms with E-state index in [2.05, 4.69) is 10.3 Å². The topological polar surface area (TPSA) is 109 Å². The monoisotopic (exact) mass is 358 g/mol. The summed E-state index contributed by atoms with van der Waals surface area (Å²) in [7, 11) is 0. The van der Waals surface area contributed by atoms with E-state index < -0.39 is 5.97 Å². The second kappa shape index (κ2) is 9.07. The third-order valence-corrected chi connectivity index (χ3v) is 3.80. The second-order valence-electron chi connectivity index (χ2n) is 5.76. The Morgan fingerprint density at radius 2 is 1.96 bits per heavy atom. The molecule has 0 unspecified atom stereocenters. The normalized spacial score (nSPS) is 10.6. The van der Waals surface area contributed by atoms with Crippen LogP contribution in [0.25, 0.3) is 11.3 Å². The lowest BCUT2D eigenvalue weighted by atomic mass is 10.0. The summed E-state index contributed by atoms with van der Waals surface area (Å²) >= 11 is 0. The minimum atomic E-state index is -1.00. The molecule has 1 aromatic carbocycles. The molecule has 1 aromatic heterocycles. The van der Waals surface area contributed by atoms with Crippen LogP contribution < -0.4 is 5.32 Å². The lowest BCUT2D eigenvalue weighted by Gasteiger charge is -2.10. The first-order valence-electron chi connectivity index (χ1n) is 8.22. The predicted octanol–water partition coefficient (Wildman–Crippen LogP) is 1.80. The summed E-state index contributed by atoms with van der Waals surface area (Å²) in [6.07, 6.45) is 0. The molecule has 0 aliphatic carbocycles. The number of hydrogen-bond acceptors (Lipinski definition) is 5. The van der Waals surface area contributed by atoms with Gasteiger partial charge in [0.05, 0.1) is 36.8 Å². The van der Waals surface area contributed by atoms with Gasteiger partial charge in [-0.25, -0.2) is 4.79 Å². The van der Waals surface area contributed by atoms with Gasteiger partial charge in [-0.2, -0.15) is 0 Å². The first-order valence-corrected chi connectivity index (χ1v) is 8.22. The Hall–Kier alpha value is -2.77. The number of hydrogen-bond donors (Lipinski definition) is 3. The second-order valence-corrected chi connectivity index (χ2v) is 5.76. The molecule has 1 heterocycles. The summed E-state index contributed by atoms with van der Waals surface area (Å²) in [5, 5.41) is 20.6. The van der Waals surface area contributed by atoms with Crippen molar-refractivity contribution in [3.8, 4) is 11.3 Å². The number of carboxylic acid groups (broad SMARTS) is 1. The highest BCUT2D eigenvalue weighted by molar-refractivity contribution is 5.95. The minimum Gasteiger partial charge on any atom is -0.478 e. The minimum absolute atomic E-state index is 0.0531. The van der Waals surface area contributed by atoms with Gasteiger partial charge in [-0.15, -0.1) is 0 Å². The van der Waals surface area contributed by atoms with Crippen molar-refractivity contribution in [3.63, 3.8) is 0 Å². The molecule has 1 amide bonds. The number of nitrogens with one attached hydrogen (secondary N) is 1. The number of carboxylic acids is 1. The van der Waals surface area contributed by atoms with Crippen LogP contribution in [0, 0.1) is 13.8 Å². The van der Waals surface area contributed by atoms with Gasteiger partial charge in [0.15, 0.2) is 0 Å². The van der Waals surface area contributed by atoms with Crippen molar-refractivity contribution in [2.45, 2.75) is 13.8 Å². The number of aromatic nitrogens is 1. The fourth-order valence-electron chi connectivity index (χ4n) is 2.63. The zero-order valence-electron chi connectivity index (χ0n) is 14.8. The molecular weight excluding hydrogens is 336 g/mol. The first kappa shape index (κ1) is 19.6. The standard InChI is InChI=1S/C19H22N2O5/c1-12-10-16(21-13(2)17(12)19(24)25)14-4-3-5-15(11-14)18(23)20-6-8-26-9-7-22/h3-5,10-11,22H,6-9H2,1-2H3,(H,20,23)(H,24,25). The Balaban J connectivity index is 2.16. The molecule has 0 spiro atoms. The molecule has 0 aliphatic rings. The van der Waals surface area contributed by atoms with Gasteiger partial charge in [0.1, 0.15) is 0 Å². The van der Waals surface area contributed by atoms with Crippen LogP contribution in [0.5, 0.6) is 0 Å². The number of aliphatic hydroxyl groups excluding tert-OH is 1. The molecule has 0 saturated heterocycles. The van der Waals surface area contributed by atoms with Crippen molar-refractivity contribution in [3.05, 3.63) is 52.7 Å². The van der Waals surface area contributed by atoms with Crippen LogP contribution in [0.4, 0.5) is 0 Å². The number of amides is 1. The van der Waals surface area contributed by atoms with Crippen molar-refractivity contribution >= 4 is 11.9 Å². The molecule has 0 aliphatic heterocycles. The number of aliphatic hydroxyl groups is 1. The lowest BCUT2D eigenvalue weighted by Crippen LogP contribution is -2.27. The molecular formula is C19H22N2O5. The van der Waals surface area contributed by atoms with E-state index in [-0.39, 0.29) is 24.7 Å². The van der Waals surface area contributed by atoms with Crippen LogP contribution >= 0.6 is 0 Å². The van der Waals surface area contributed by atoms with E-state index in [1.165, 1.54) is 0 Å². The van der Waals surface area contributed by atoms with Crippen LogP contribution in [0.3, 0.4) is 0 Å². The van der Waals surface area contributed by atoms with Crippen molar-refractivity contribution in [2.75, 3.05) is 26.4 Å². The number of pyridine rings is 1. The van der Waals surface area contributed by atoms with E-state index >= 15 is 0 Å². The summed E-state index contributed by atoms with van der Waals surface area (Å²) < 4.78 is 5.10. The van der Waals surface area contributed by atoms with Gasteiger partial charge in [0, 0.05) is 17.7 Å². The van der Waals surface area contributed by atoms with Gasteiger partial charge in [-0.1, -0.05) is 12.1 Å². The highest BCUT2D eigenvalue weighted by Crippen LogP contribution is 2.23. The highest BCUT2D eigenvalue weighted by atomic mass is 16.5. The average molecular weight is 358 g/mol. The number of carbonyl (C=O) groups is 2. The van der Waals surface area contributed by atoms with Crippen LogP contribution in [0.1, 0.15) is 32.0 Å². The van der Waals surface area contributed by atoms with E-state index in [0.717, 1.165) is 5.56 Å². The Kier molecular flexibility index (Phi) is 6.82. The molecule has 2 aromatic rings. The molecule has 0 bridgehead atoms. The molecule has 0 fully saturated rings. The van der Waals surface area contributed by atoms with E-state index in [0.29, 0.717) is 35.7 Å². The van der Waals surface area contributed by atoms with E-state index in [1.54, 1.807) is 38.1 Å². The number of aryl methyl sites for hydroxylation is 2. The van der Waals surface area contributed by atoms with E-state index in [9.17, 15) is 14.7 Å². The Bertz CT molecular complexity index is 781. The Labute approximate surface area is 151 Å². The third kappa shape index (κ3) is 4.87. The fraction of sp³-hybridized carbons (Fsp3) is 0.316. The lowest BCUT2D eigenvalue weighted by molar-refractivity contribution is 0.0694. The maximum atomic E-state index is 12.2. The first-order chi connectivity index (χ1) is 12.4. The number of aromatic carboxylic acids is 1. The molecule has 3 N–H and O–H groups in total. The molecule has 7 nitrogen and oxygen atoms in total. The number of ether oxygens (including phenoxy) is 1. The van der Waals surface area contributed by atoms with Crippen LogP contribution in [0.15, 0.2) is 30.3 Å². The summed E-state index contributed by atoms with van der Waals surface area (Å²) in [6.45, 7) is 4.23. The average Bonchev–Trinajstić information content (AvgIpc) is 2.60. The largest absolute Gasteiger partial charge is 0.478 e. The van der Waals surface area contributed by atoms with Crippen LogP contribution in [0.2, 0.25) is 0 Å². The maximum absolute atomic E-state index is 12.2. The van der Waals surface area contributed by atoms with Gasteiger partial charge in [-0.3, -0.25) is 9.78 Å². The third-order valence-electron chi connectivity index (χ3n) is 3.80. The molecule has 0 radical (unpaired) electrons. The Morgan fingerprint density at radius 3 is 2.62 bits per heavy atom. The van der Waals surface area contributed by atoms with Crippen LogP contribution in [-0.4, -0.2) is 53.4 Å². The predicted molar refractivity (Wildman–Crippen MR) is 96.3 cm³/mol. The van der Waals surface area contributed by atoms with Gasteiger partial charge in [-0.05, 0) is 37.6 Å². The Morgan fingerprint density at radius 1 is 1.19 bits per heavy atom. The van der Waals surface area contributed by atoms with Gasteiger partial charge >= 0.3 is 5.97 Å². The van der Waals surface area contributed by atoms with Crippen molar-refractivity contribution in [1.82, 2.24) is 10.3 Å². The summed E-state index contributed by atoms with van der Waals surface area (Å²) in [4.78, 5) is 27.9. The van der Waals surface area contributed by atoms with E-state index in [1.807, 2.05) is 6.07 Å². The quantitative estimate of drug-likeness (QED) is 0.621. The maximum Gasteiger partial charge on any atom is 0.337 e. The smallest absolute Gasteiger partial charge is 0.337 e. The molecule has 2 rings (SSSR count). The molecule has 0 saturated carbocycles. The van der Waals surface area contributed by atoms with Crippen molar-refractivity contribution in [2.24, 2.45) is 0 Å². The molecule has 138 valence electrons. The summed E-state index contributed by atoms with van der Waals surface area (Å²) in [5.41, 5.74) is 3.08. The van der Waals surface area contributed by atoms with Crippen molar-refractivity contribution < 1.29 is 24.5 Å². The zero-order chi connectivity index (χ0) is 19.1. The van der Waals surface area contributed by atoms with Gasteiger partial charge < -0.3 is 20.3 Å². The fourth-order valence-corrected chi connectivity index (χ4v) is 2.63. The summed E-state index contributed by atoms with van der Waals surface area (Å²) in [6, 6.07) is 8.69. The van der Waals surface area contributed by atoms with Gasteiger partial charge in [0.25, 0.3) is 5.91 Å². The van der Waals surface area contributed by atoms with Crippen molar-refractivity contribution in [1.29, 1.82) is 0 Å².